The van der Waals surface area contributed by atoms with E-state index in [9.17, 15) is 39.9 Å². The molecule has 1 amide bonds. The number of allylic oxidation sites excluding steroid dienone is 1. The molecule has 12 nitrogen and oxygen atoms in total. The van der Waals surface area contributed by atoms with Crippen molar-refractivity contribution in [3.8, 4) is 11.5 Å². The summed E-state index contributed by atoms with van der Waals surface area (Å²) in [6, 6.07) is 0.351. The topological polar surface area (TPSA) is 194 Å². The maximum Gasteiger partial charge on any atom is 0.255 e. The molecular formula is C29H37N3O9. The van der Waals surface area contributed by atoms with Gasteiger partial charge in [-0.3, -0.25) is 24.2 Å². The summed E-state index contributed by atoms with van der Waals surface area (Å²) >= 11 is 0. The summed E-state index contributed by atoms with van der Waals surface area (Å²) in [7, 11) is 4.67. The fourth-order valence-corrected chi connectivity index (χ4v) is 7.53. The van der Waals surface area contributed by atoms with Crippen molar-refractivity contribution < 1.29 is 44.7 Å². The van der Waals surface area contributed by atoms with Gasteiger partial charge in [-0.25, -0.2) is 0 Å². The zero-order valence-corrected chi connectivity index (χ0v) is 23.4. The molecule has 222 valence electrons. The number of aromatic hydroxyl groups is 1. The van der Waals surface area contributed by atoms with Crippen molar-refractivity contribution in [3.05, 3.63) is 45.4 Å². The number of ether oxygens (including phenoxy) is 1. The summed E-state index contributed by atoms with van der Waals surface area (Å²) < 4.78 is 5.85. The molecule has 0 spiro atoms. The molecule has 12 heteroatoms. The highest BCUT2D eigenvalue weighted by Gasteiger charge is 2.63. The van der Waals surface area contributed by atoms with Gasteiger partial charge in [0.15, 0.2) is 11.4 Å². The second-order valence-corrected chi connectivity index (χ2v) is 11.6. The number of aliphatic hydroxyl groups is 4. The zero-order chi connectivity index (χ0) is 30.0. The van der Waals surface area contributed by atoms with E-state index in [1.54, 1.807) is 14.1 Å². The Kier molecular flexibility index (Phi) is 7.39. The van der Waals surface area contributed by atoms with Crippen LogP contribution in [0.1, 0.15) is 53.2 Å². The summed E-state index contributed by atoms with van der Waals surface area (Å²) in [5.74, 6) is -6.42. The van der Waals surface area contributed by atoms with E-state index in [2.05, 4.69) is 4.90 Å². The number of methoxy groups -OCH3 is 1. The van der Waals surface area contributed by atoms with E-state index in [1.165, 1.54) is 18.1 Å². The number of likely N-dealkylation sites (tertiary alicyclic amines) is 1. The lowest BCUT2D eigenvalue weighted by Crippen LogP contribution is -2.63. The van der Waals surface area contributed by atoms with Crippen LogP contribution >= 0.6 is 0 Å². The van der Waals surface area contributed by atoms with Crippen molar-refractivity contribution in [2.45, 2.75) is 49.8 Å². The summed E-state index contributed by atoms with van der Waals surface area (Å²) in [5, 5.41) is 54.6. The minimum Gasteiger partial charge on any atom is -0.510 e. The van der Waals surface area contributed by atoms with Crippen LogP contribution in [-0.4, -0.2) is 105 Å². The van der Waals surface area contributed by atoms with Crippen LogP contribution in [0.3, 0.4) is 0 Å². The van der Waals surface area contributed by atoms with E-state index in [1.807, 2.05) is 0 Å². The van der Waals surface area contributed by atoms with Crippen LogP contribution in [0.15, 0.2) is 28.7 Å². The van der Waals surface area contributed by atoms with Gasteiger partial charge in [0.1, 0.15) is 28.6 Å². The van der Waals surface area contributed by atoms with Crippen molar-refractivity contribution in [3.63, 3.8) is 0 Å². The molecule has 41 heavy (non-hydrogen) atoms. The van der Waals surface area contributed by atoms with E-state index in [0.29, 0.717) is 24.3 Å². The number of aliphatic hydroxyl groups excluding tert-OH is 3. The van der Waals surface area contributed by atoms with Gasteiger partial charge in [0.2, 0.25) is 5.78 Å². The van der Waals surface area contributed by atoms with Crippen LogP contribution in [0.25, 0.3) is 0 Å². The van der Waals surface area contributed by atoms with E-state index in [4.69, 9.17) is 10.5 Å². The van der Waals surface area contributed by atoms with E-state index in [0.717, 1.165) is 24.9 Å². The number of hydrogen-bond acceptors (Lipinski definition) is 11. The maximum atomic E-state index is 13.9. The van der Waals surface area contributed by atoms with Gasteiger partial charge in [-0.2, -0.15) is 0 Å². The minimum atomic E-state index is -2.68. The van der Waals surface area contributed by atoms with Gasteiger partial charge >= 0.3 is 0 Å². The van der Waals surface area contributed by atoms with E-state index < -0.39 is 58.0 Å². The summed E-state index contributed by atoms with van der Waals surface area (Å²) in [4.78, 5) is 43.2. The van der Waals surface area contributed by atoms with Gasteiger partial charge in [-0.05, 0) is 64.7 Å². The van der Waals surface area contributed by atoms with Crippen LogP contribution < -0.4 is 10.5 Å². The molecular weight excluding hydrogens is 534 g/mol. The number of fused-ring (bicyclic) bond motifs is 3. The lowest BCUT2D eigenvalue weighted by molar-refractivity contribution is -0.148. The SMILES string of the molecule is COc1c(C2CCCN2CCCO)cc(O)c2c1C[C@H]1C[C@H]3[C@H](N(C)C)C(O)=C(C(N)=O)C(=O)[C@@]3(O)C(O)=C1C2=O. The summed E-state index contributed by atoms with van der Waals surface area (Å²) in [6.07, 6.45) is 2.48. The molecule has 0 radical (unpaired) electrons. The fraction of sp³-hybridized carbons (Fsp3) is 0.552. The molecule has 1 fully saturated rings. The fourth-order valence-electron chi connectivity index (χ4n) is 7.53. The largest absolute Gasteiger partial charge is 0.510 e. The molecule has 0 aromatic heterocycles. The zero-order valence-electron chi connectivity index (χ0n) is 23.4. The second-order valence-electron chi connectivity index (χ2n) is 11.6. The highest BCUT2D eigenvalue weighted by Crippen LogP contribution is 2.54. The standard InChI is InChI=1S/C29H37N3O9/c1-31(2)22-16-11-13-10-15-20(18(34)12-14(25(15)41-3)17-6-4-7-32(17)8-5-9-33)23(35)19(13)26(37)29(16,40)27(38)21(24(22)36)28(30)39/h12-13,16-17,22,33-34,36-37,40H,4-11H2,1-3H3,(H2,30,39)/t13-,16-,17?,22-,29-/m0/s1. The molecule has 5 atom stereocenters. The van der Waals surface area contributed by atoms with Crippen LogP contribution in [0.5, 0.6) is 11.5 Å². The highest BCUT2D eigenvalue weighted by molar-refractivity contribution is 6.24. The number of likely N-dealkylation sites (N-methyl/N-ethyl adjacent to an activating group) is 1. The van der Waals surface area contributed by atoms with Crippen LogP contribution in [-0.2, 0) is 16.0 Å². The lowest BCUT2D eigenvalue weighted by Gasteiger charge is -2.50. The molecule has 1 unspecified atom stereocenters. The van der Waals surface area contributed by atoms with Gasteiger partial charge in [0.05, 0.1) is 18.7 Å². The number of benzene rings is 1. The number of nitrogens with zero attached hydrogens (tertiary/aromatic N) is 2. The number of ketones is 2. The molecule has 1 aliphatic heterocycles. The molecule has 3 aliphatic carbocycles. The van der Waals surface area contributed by atoms with Crippen LogP contribution in [0.2, 0.25) is 0 Å². The number of carbonyl (C=O) groups is 3. The Hall–Kier alpha value is -3.45. The molecule has 1 saturated heterocycles. The van der Waals surface area contributed by atoms with Gasteiger partial charge in [0, 0.05) is 41.8 Å². The van der Waals surface area contributed by atoms with Gasteiger partial charge in [-0.15, -0.1) is 0 Å². The summed E-state index contributed by atoms with van der Waals surface area (Å²) in [5.41, 5.74) is 2.77. The molecule has 5 rings (SSSR count). The molecule has 7 N–H and O–H groups in total. The molecule has 0 saturated carbocycles. The third-order valence-electron chi connectivity index (χ3n) is 9.23. The normalized spacial score (nSPS) is 30.0. The Balaban J connectivity index is 1.66. The first-order chi connectivity index (χ1) is 19.4. The number of Topliss-reactive ketones (excluding diaryl/α,β-unsaturated/α-hetero) is 2. The Morgan fingerprint density at radius 2 is 1.95 bits per heavy atom. The average molecular weight is 572 g/mol. The predicted molar refractivity (Wildman–Crippen MR) is 145 cm³/mol. The highest BCUT2D eigenvalue weighted by atomic mass is 16.5. The number of carbonyl (C=O) groups excluding carboxylic acids is 3. The van der Waals surface area contributed by atoms with Crippen molar-refractivity contribution >= 4 is 17.5 Å². The van der Waals surface area contributed by atoms with Crippen molar-refractivity contribution in [2.24, 2.45) is 17.6 Å². The third kappa shape index (κ3) is 4.15. The Bertz CT molecular complexity index is 1380. The first-order valence-corrected chi connectivity index (χ1v) is 13.8. The molecule has 1 aromatic carbocycles. The number of phenols is 1. The minimum absolute atomic E-state index is 0.00591. The second kappa shape index (κ2) is 10.4. The summed E-state index contributed by atoms with van der Waals surface area (Å²) in [6.45, 7) is 1.54. The number of hydrogen-bond donors (Lipinski definition) is 6. The number of amides is 1. The number of phenolic OH excluding ortho intramolecular Hbond substituents is 1. The lowest BCUT2D eigenvalue weighted by atomic mass is 9.58. The smallest absolute Gasteiger partial charge is 0.255 e. The quantitative estimate of drug-likeness (QED) is 0.252. The Labute approximate surface area is 237 Å². The molecule has 0 bridgehead atoms. The predicted octanol–water partition coefficient (Wildman–Crippen LogP) is 0.649. The first-order valence-electron chi connectivity index (χ1n) is 13.8. The average Bonchev–Trinajstić information content (AvgIpc) is 3.37. The number of primary amides is 1. The van der Waals surface area contributed by atoms with Crippen molar-refractivity contribution in [1.29, 1.82) is 0 Å². The van der Waals surface area contributed by atoms with Gasteiger partial charge in [-0.1, -0.05) is 0 Å². The molecule has 4 aliphatic rings. The van der Waals surface area contributed by atoms with Crippen molar-refractivity contribution in [1.82, 2.24) is 9.80 Å². The van der Waals surface area contributed by atoms with E-state index in [-0.39, 0.29) is 42.4 Å². The first kappa shape index (κ1) is 29.1. The van der Waals surface area contributed by atoms with Crippen molar-refractivity contribution in [2.75, 3.05) is 40.9 Å². The number of nitrogens with two attached hydrogens (primary N) is 1. The maximum absolute atomic E-state index is 13.9. The van der Waals surface area contributed by atoms with Gasteiger partial charge < -0.3 is 36.0 Å². The molecule has 1 heterocycles. The number of rotatable bonds is 7. The van der Waals surface area contributed by atoms with Gasteiger partial charge in [0.25, 0.3) is 5.91 Å². The third-order valence-corrected chi connectivity index (χ3v) is 9.23. The van der Waals surface area contributed by atoms with Crippen LogP contribution in [0.4, 0.5) is 0 Å². The molecule has 1 aromatic rings. The monoisotopic (exact) mass is 571 g/mol. The Morgan fingerprint density at radius 3 is 2.56 bits per heavy atom. The van der Waals surface area contributed by atoms with E-state index >= 15 is 0 Å². The Morgan fingerprint density at radius 1 is 1.24 bits per heavy atom. The van der Waals surface area contributed by atoms with Crippen LogP contribution in [0, 0.1) is 11.8 Å².